The molecule has 0 atom stereocenters. The molecule has 0 aliphatic carbocycles. The number of aryl methyl sites for hydroxylation is 4. The van der Waals surface area contributed by atoms with Gasteiger partial charge in [-0.25, -0.2) is 13.1 Å². The Morgan fingerprint density at radius 3 is 2.37 bits per heavy atom. The molecule has 0 aliphatic heterocycles. The Bertz CT molecular complexity index is 661. The molecular formula is C11H16N4O3S. The normalized spacial score (nSPS) is 12.0. The molecule has 104 valence electrons. The SMILES string of the molecule is Cc1noc(C)c1CNS(=O)(=O)c1c(C)n[nH]c1C. The zero-order valence-electron chi connectivity index (χ0n) is 11.2. The van der Waals surface area contributed by atoms with Gasteiger partial charge in [0.1, 0.15) is 10.7 Å². The maximum Gasteiger partial charge on any atom is 0.244 e. The van der Waals surface area contributed by atoms with Crippen LogP contribution in [-0.2, 0) is 16.6 Å². The van der Waals surface area contributed by atoms with Crippen molar-refractivity contribution in [1.29, 1.82) is 0 Å². The molecule has 7 nitrogen and oxygen atoms in total. The number of rotatable bonds is 4. The fourth-order valence-electron chi connectivity index (χ4n) is 1.93. The first kappa shape index (κ1) is 13.8. The third-order valence-electron chi connectivity index (χ3n) is 2.95. The van der Waals surface area contributed by atoms with Crippen LogP contribution in [0.4, 0.5) is 0 Å². The molecule has 2 aromatic heterocycles. The Morgan fingerprint density at radius 1 is 1.21 bits per heavy atom. The summed E-state index contributed by atoms with van der Waals surface area (Å²) in [5, 5.41) is 10.3. The van der Waals surface area contributed by atoms with E-state index >= 15 is 0 Å². The molecule has 2 N–H and O–H groups in total. The van der Waals surface area contributed by atoms with Gasteiger partial charge in [0, 0.05) is 12.1 Å². The Morgan fingerprint density at radius 2 is 1.89 bits per heavy atom. The monoisotopic (exact) mass is 284 g/mol. The number of aromatic amines is 1. The number of nitrogens with zero attached hydrogens (tertiary/aromatic N) is 2. The number of hydrogen-bond acceptors (Lipinski definition) is 5. The van der Waals surface area contributed by atoms with E-state index < -0.39 is 10.0 Å². The largest absolute Gasteiger partial charge is 0.361 e. The molecule has 0 unspecified atom stereocenters. The zero-order valence-corrected chi connectivity index (χ0v) is 12.1. The molecule has 2 rings (SSSR count). The molecule has 0 saturated carbocycles. The topological polar surface area (TPSA) is 101 Å². The Labute approximate surface area is 111 Å². The minimum atomic E-state index is -3.60. The molecule has 0 aliphatic rings. The van der Waals surface area contributed by atoms with E-state index in [1.165, 1.54) is 0 Å². The highest BCUT2D eigenvalue weighted by Gasteiger charge is 2.23. The smallest absolute Gasteiger partial charge is 0.244 e. The third kappa shape index (κ3) is 2.54. The van der Waals surface area contributed by atoms with E-state index in [-0.39, 0.29) is 11.4 Å². The lowest BCUT2D eigenvalue weighted by molar-refractivity contribution is 0.392. The van der Waals surface area contributed by atoms with E-state index in [4.69, 9.17) is 4.52 Å². The zero-order chi connectivity index (χ0) is 14.2. The maximum absolute atomic E-state index is 12.2. The van der Waals surface area contributed by atoms with Gasteiger partial charge in [-0.1, -0.05) is 5.16 Å². The van der Waals surface area contributed by atoms with Crippen molar-refractivity contribution in [2.45, 2.75) is 39.1 Å². The van der Waals surface area contributed by atoms with Gasteiger partial charge in [-0.3, -0.25) is 5.10 Å². The van der Waals surface area contributed by atoms with Crippen molar-refractivity contribution >= 4 is 10.0 Å². The molecular weight excluding hydrogens is 268 g/mol. The van der Waals surface area contributed by atoms with Crippen LogP contribution in [0.25, 0.3) is 0 Å². The Balaban J connectivity index is 2.24. The maximum atomic E-state index is 12.2. The second-order valence-electron chi connectivity index (χ2n) is 4.39. The fraction of sp³-hybridized carbons (Fsp3) is 0.455. The molecule has 8 heteroatoms. The minimum Gasteiger partial charge on any atom is -0.361 e. The second kappa shape index (κ2) is 4.78. The van der Waals surface area contributed by atoms with Gasteiger partial charge in [-0.15, -0.1) is 0 Å². The van der Waals surface area contributed by atoms with Crippen molar-refractivity contribution in [3.63, 3.8) is 0 Å². The standard InChI is InChI=1S/C11H16N4O3S/c1-6-10(9(4)18-15-6)5-12-19(16,17)11-7(2)13-14-8(11)3/h12H,5H2,1-4H3,(H,13,14). The van der Waals surface area contributed by atoms with Gasteiger partial charge >= 0.3 is 0 Å². The van der Waals surface area contributed by atoms with Gasteiger partial charge in [0.2, 0.25) is 10.0 Å². The van der Waals surface area contributed by atoms with Gasteiger partial charge in [0.25, 0.3) is 0 Å². The number of aromatic nitrogens is 3. The van der Waals surface area contributed by atoms with Gasteiger partial charge in [0.05, 0.1) is 17.1 Å². The second-order valence-corrected chi connectivity index (χ2v) is 6.09. The summed E-state index contributed by atoms with van der Waals surface area (Å²) in [5.74, 6) is 0.612. The van der Waals surface area contributed by atoms with Crippen LogP contribution in [0.3, 0.4) is 0 Å². The highest BCUT2D eigenvalue weighted by molar-refractivity contribution is 7.89. The summed E-state index contributed by atoms with van der Waals surface area (Å²) in [7, 11) is -3.60. The highest BCUT2D eigenvalue weighted by atomic mass is 32.2. The van der Waals surface area contributed by atoms with Crippen molar-refractivity contribution in [3.8, 4) is 0 Å². The van der Waals surface area contributed by atoms with Crippen LogP contribution >= 0.6 is 0 Å². The molecule has 0 fully saturated rings. The number of nitrogens with one attached hydrogen (secondary N) is 2. The quantitative estimate of drug-likeness (QED) is 0.875. The summed E-state index contributed by atoms with van der Waals surface area (Å²) < 4.78 is 32.0. The summed E-state index contributed by atoms with van der Waals surface area (Å²) in [4.78, 5) is 0.194. The van der Waals surface area contributed by atoms with Crippen molar-refractivity contribution in [3.05, 3.63) is 28.4 Å². The summed E-state index contributed by atoms with van der Waals surface area (Å²) >= 11 is 0. The average Bonchev–Trinajstić information content (AvgIpc) is 2.81. The van der Waals surface area contributed by atoms with Crippen LogP contribution in [0, 0.1) is 27.7 Å². The van der Waals surface area contributed by atoms with Gasteiger partial charge in [-0.2, -0.15) is 5.10 Å². The van der Waals surface area contributed by atoms with Crippen LogP contribution in [0.2, 0.25) is 0 Å². The van der Waals surface area contributed by atoms with Crippen LogP contribution in [0.1, 0.15) is 28.4 Å². The average molecular weight is 284 g/mol. The van der Waals surface area contributed by atoms with E-state index in [1.807, 2.05) is 0 Å². The first-order valence-corrected chi connectivity index (χ1v) is 7.24. The Hall–Kier alpha value is -1.67. The predicted molar refractivity (Wildman–Crippen MR) is 68.1 cm³/mol. The van der Waals surface area contributed by atoms with Crippen LogP contribution in [-0.4, -0.2) is 23.8 Å². The predicted octanol–water partition coefficient (Wildman–Crippen LogP) is 1.11. The first-order chi connectivity index (χ1) is 8.83. The molecule has 2 aromatic rings. The number of hydrogen-bond donors (Lipinski definition) is 2. The van der Waals surface area contributed by atoms with E-state index in [2.05, 4.69) is 20.1 Å². The molecule has 0 aromatic carbocycles. The number of H-pyrrole nitrogens is 1. The molecule has 0 saturated heterocycles. The van der Waals surface area contributed by atoms with E-state index in [9.17, 15) is 8.42 Å². The van der Waals surface area contributed by atoms with Crippen molar-refractivity contribution in [1.82, 2.24) is 20.1 Å². The molecule has 2 heterocycles. The summed E-state index contributed by atoms with van der Waals surface area (Å²) in [6.45, 7) is 6.98. The van der Waals surface area contributed by atoms with E-state index in [1.54, 1.807) is 27.7 Å². The van der Waals surface area contributed by atoms with Crippen LogP contribution in [0.5, 0.6) is 0 Å². The van der Waals surface area contributed by atoms with Crippen molar-refractivity contribution in [2.75, 3.05) is 0 Å². The fourth-order valence-corrected chi connectivity index (χ4v) is 3.29. The summed E-state index contributed by atoms with van der Waals surface area (Å²) in [6.07, 6.45) is 0. The van der Waals surface area contributed by atoms with Crippen LogP contribution < -0.4 is 4.72 Å². The lowest BCUT2D eigenvalue weighted by Crippen LogP contribution is -2.24. The molecule has 0 radical (unpaired) electrons. The summed E-state index contributed by atoms with van der Waals surface area (Å²) in [5.41, 5.74) is 2.40. The highest BCUT2D eigenvalue weighted by Crippen LogP contribution is 2.18. The molecule has 0 bridgehead atoms. The van der Waals surface area contributed by atoms with Gasteiger partial charge in [-0.05, 0) is 27.7 Å². The summed E-state index contributed by atoms with van der Waals surface area (Å²) in [6, 6.07) is 0. The first-order valence-electron chi connectivity index (χ1n) is 5.76. The van der Waals surface area contributed by atoms with Crippen LogP contribution in [0.15, 0.2) is 9.42 Å². The Kier molecular flexibility index (Phi) is 3.46. The van der Waals surface area contributed by atoms with Gasteiger partial charge in [0.15, 0.2) is 0 Å². The van der Waals surface area contributed by atoms with Crippen molar-refractivity contribution < 1.29 is 12.9 Å². The minimum absolute atomic E-state index is 0.146. The lowest BCUT2D eigenvalue weighted by Gasteiger charge is -2.06. The third-order valence-corrected chi connectivity index (χ3v) is 4.61. The van der Waals surface area contributed by atoms with Gasteiger partial charge < -0.3 is 4.52 Å². The van der Waals surface area contributed by atoms with E-state index in [0.717, 1.165) is 5.56 Å². The number of sulfonamides is 1. The molecule has 0 amide bonds. The molecule has 0 spiro atoms. The lowest BCUT2D eigenvalue weighted by atomic mass is 10.2. The van der Waals surface area contributed by atoms with Crippen molar-refractivity contribution in [2.24, 2.45) is 0 Å². The molecule has 19 heavy (non-hydrogen) atoms. The van der Waals surface area contributed by atoms with E-state index in [0.29, 0.717) is 22.8 Å².